The molecule has 0 aromatic carbocycles. The summed E-state index contributed by atoms with van der Waals surface area (Å²) in [5, 5.41) is 0. The second-order valence-corrected chi connectivity index (χ2v) is 5.88. The number of pyridine rings is 1. The Kier molecular flexibility index (Phi) is 2.69. The summed E-state index contributed by atoms with van der Waals surface area (Å²) in [5.74, 6) is 0.522. The van der Waals surface area contributed by atoms with Gasteiger partial charge in [-0.3, -0.25) is 14.6 Å². The van der Waals surface area contributed by atoms with Crippen LogP contribution in [0.25, 0.3) is 0 Å². The number of ketones is 1. The molecule has 1 aliphatic carbocycles. The van der Waals surface area contributed by atoms with Gasteiger partial charge in [-0.25, -0.2) is 0 Å². The number of hydrogen-bond donors (Lipinski definition) is 0. The van der Waals surface area contributed by atoms with Crippen LogP contribution in [-0.4, -0.2) is 33.2 Å². The Labute approximate surface area is 112 Å². The van der Waals surface area contributed by atoms with Crippen molar-refractivity contribution in [1.29, 1.82) is 0 Å². The van der Waals surface area contributed by atoms with E-state index < -0.39 is 5.54 Å². The smallest absolute Gasteiger partial charge is 0.273 e. The first-order chi connectivity index (χ1) is 9.04. The number of piperidine rings is 1. The van der Waals surface area contributed by atoms with E-state index in [9.17, 15) is 9.59 Å². The average molecular weight is 258 g/mol. The van der Waals surface area contributed by atoms with Crippen LogP contribution in [0.5, 0.6) is 0 Å². The lowest BCUT2D eigenvalue weighted by atomic mass is 9.62. The maximum Gasteiger partial charge on any atom is 0.273 e. The van der Waals surface area contributed by atoms with Crippen molar-refractivity contribution >= 4 is 11.7 Å². The van der Waals surface area contributed by atoms with Crippen molar-refractivity contribution in [3.05, 3.63) is 30.1 Å². The van der Waals surface area contributed by atoms with Crippen molar-refractivity contribution in [1.82, 2.24) is 9.88 Å². The SMILES string of the molecule is CC(=O)C12CC(C[C@@H](C)C1)N2C(=O)c1ccccn1. The first kappa shape index (κ1) is 12.3. The van der Waals surface area contributed by atoms with Crippen LogP contribution in [0.1, 0.15) is 43.6 Å². The molecule has 1 aromatic heterocycles. The third-order valence-electron chi connectivity index (χ3n) is 4.52. The molecular weight excluding hydrogens is 240 g/mol. The number of amides is 1. The van der Waals surface area contributed by atoms with Crippen LogP contribution in [0.4, 0.5) is 0 Å². The molecule has 1 saturated carbocycles. The third-order valence-corrected chi connectivity index (χ3v) is 4.52. The Morgan fingerprint density at radius 2 is 2.16 bits per heavy atom. The van der Waals surface area contributed by atoms with Gasteiger partial charge in [-0.05, 0) is 44.2 Å². The van der Waals surface area contributed by atoms with Gasteiger partial charge in [0.15, 0.2) is 5.78 Å². The van der Waals surface area contributed by atoms with E-state index in [-0.39, 0.29) is 17.7 Å². The van der Waals surface area contributed by atoms with Gasteiger partial charge in [0.05, 0.1) is 0 Å². The number of hydrogen-bond acceptors (Lipinski definition) is 3. The second kappa shape index (κ2) is 4.15. The van der Waals surface area contributed by atoms with E-state index >= 15 is 0 Å². The lowest BCUT2D eigenvalue weighted by Gasteiger charge is -2.62. The number of nitrogens with zero attached hydrogens (tertiary/aromatic N) is 2. The van der Waals surface area contributed by atoms with Crippen LogP contribution in [-0.2, 0) is 4.79 Å². The maximum atomic E-state index is 12.6. The quantitative estimate of drug-likeness (QED) is 0.815. The van der Waals surface area contributed by atoms with E-state index in [1.165, 1.54) is 0 Å². The van der Waals surface area contributed by atoms with E-state index in [0.717, 1.165) is 19.3 Å². The molecular formula is C15H18N2O2. The molecule has 1 amide bonds. The van der Waals surface area contributed by atoms with Crippen LogP contribution >= 0.6 is 0 Å². The largest absolute Gasteiger partial charge is 0.321 e. The van der Waals surface area contributed by atoms with E-state index in [1.54, 1.807) is 36.2 Å². The number of carbonyl (C=O) groups excluding carboxylic acids is 2. The Morgan fingerprint density at radius 1 is 1.37 bits per heavy atom. The normalized spacial score (nSPS) is 32.6. The van der Waals surface area contributed by atoms with E-state index in [4.69, 9.17) is 0 Å². The first-order valence-electron chi connectivity index (χ1n) is 6.80. The zero-order valence-electron chi connectivity index (χ0n) is 11.3. The number of rotatable bonds is 2. The molecule has 19 heavy (non-hydrogen) atoms. The minimum Gasteiger partial charge on any atom is -0.321 e. The van der Waals surface area contributed by atoms with E-state index in [1.807, 2.05) is 0 Å². The topological polar surface area (TPSA) is 50.3 Å². The molecule has 100 valence electrons. The Morgan fingerprint density at radius 3 is 2.79 bits per heavy atom. The van der Waals surface area contributed by atoms with Crippen LogP contribution in [0, 0.1) is 5.92 Å². The summed E-state index contributed by atoms with van der Waals surface area (Å²) in [6.45, 7) is 3.76. The van der Waals surface area contributed by atoms with Gasteiger partial charge in [0.25, 0.3) is 5.91 Å². The van der Waals surface area contributed by atoms with Crippen molar-refractivity contribution in [2.75, 3.05) is 0 Å². The Balaban J connectivity index is 1.93. The van der Waals surface area contributed by atoms with Crippen molar-refractivity contribution in [3.63, 3.8) is 0 Å². The molecule has 4 heteroatoms. The number of carbonyl (C=O) groups is 2. The van der Waals surface area contributed by atoms with Gasteiger partial charge in [0.2, 0.25) is 0 Å². The van der Waals surface area contributed by atoms with Gasteiger partial charge in [-0.2, -0.15) is 0 Å². The summed E-state index contributed by atoms with van der Waals surface area (Å²) >= 11 is 0. The molecule has 0 N–H and O–H groups in total. The van der Waals surface area contributed by atoms with Crippen LogP contribution in [0.3, 0.4) is 0 Å². The number of likely N-dealkylation sites (tertiary alicyclic amines) is 1. The summed E-state index contributed by atoms with van der Waals surface area (Å²) in [4.78, 5) is 30.5. The first-order valence-corrected chi connectivity index (χ1v) is 6.80. The molecule has 1 aromatic rings. The van der Waals surface area contributed by atoms with E-state index in [0.29, 0.717) is 11.6 Å². The Hall–Kier alpha value is -1.71. The highest BCUT2D eigenvalue weighted by Gasteiger charge is 2.60. The fourth-order valence-corrected chi connectivity index (χ4v) is 3.74. The monoisotopic (exact) mass is 258 g/mol. The molecule has 2 fully saturated rings. The highest BCUT2D eigenvalue weighted by atomic mass is 16.2. The summed E-state index contributed by atoms with van der Waals surface area (Å²) in [6.07, 6.45) is 4.22. The Bertz CT molecular complexity index is 528. The van der Waals surface area contributed by atoms with Crippen molar-refractivity contribution in [3.8, 4) is 0 Å². The molecule has 1 saturated heterocycles. The highest BCUT2D eigenvalue weighted by molar-refractivity contribution is 6.00. The summed E-state index contributed by atoms with van der Waals surface area (Å²) in [6, 6.07) is 5.52. The summed E-state index contributed by atoms with van der Waals surface area (Å²) in [7, 11) is 0. The molecule has 2 aliphatic rings. The fourth-order valence-electron chi connectivity index (χ4n) is 3.74. The minimum atomic E-state index is -0.559. The fraction of sp³-hybridized carbons (Fsp3) is 0.533. The molecule has 2 unspecified atom stereocenters. The molecule has 3 rings (SSSR count). The van der Waals surface area contributed by atoms with Gasteiger partial charge < -0.3 is 4.90 Å². The van der Waals surface area contributed by atoms with Gasteiger partial charge in [0.1, 0.15) is 11.2 Å². The van der Waals surface area contributed by atoms with Gasteiger partial charge in [-0.15, -0.1) is 0 Å². The molecule has 1 aliphatic heterocycles. The van der Waals surface area contributed by atoms with Gasteiger partial charge >= 0.3 is 0 Å². The van der Waals surface area contributed by atoms with Crippen LogP contribution in [0.15, 0.2) is 24.4 Å². The lowest BCUT2D eigenvalue weighted by molar-refractivity contribution is -0.152. The molecule has 0 spiro atoms. The van der Waals surface area contributed by atoms with Crippen LogP contribution in [0.2, 0.25) is 0 Å². The predicted octanol–water partition coefficient (Wildman–Crippen LogP) is 2.05. The zero-order chi connectivity index (χ0) is 13.6. The average Bonchev–Trinajstić information content (AvgIpc) is 2.38. The highest BCUT2D eigenvalue weighted by Crippen LogP contribution is 2.50. The molecule has 3 atom stereocenters. The molecule has 2 heterocycles. The lowest BCUT2D eigenvalue weighted by Crippen LogP contribution is -2.74. The zero-order valence-corrected chi connectivity index (χ0v) is 11.3. The van der Waals surface area contributed by atoms with Crippen LogP contribution < -0.4 is 0 Å². The van der Waals surface area contributed by atoms with E-state index in [2.05, 4.69) is 11.9 Å². The minimum absolute atomic E-state index is 0.0982. The third kappa shape index (κ3) is 1.70. The standard InChI is InChI=1S/C15H18N2O2/c1-10-7-12-9-15(8-10,11(2)18)17(12)14(19)13-5-3-4-6-16-13/h3-6,10,12H,7-9H2,1-2H3/t10-,12?,15?/m1/s1. The number of aromatic nitrogens is 1. The van der Waals surface area contributed by atoms with Crippen molar-refractivity contribution in [2.24, 2.45) is 5.92 Å². The predicted molar refractivity (Wildman–Crippen MR) is 70.6 cm³/mol. The van der Waals surface area contributed by atoms with Crippen molar-refractivity contribution in [2.45, 2.75) is 44.7 Å². The van der Waals surface area contributed by atoms with Gasteiger partial charge in [-0.1, -0.05) is 13.0 Å². The summed E-state index contributed by atoms with van der Waals surface area (Å²) < 4.78 is 0. The summed E-state index contributed by atoms with van der Waals surface area (Å²) in [5.41, 5.74) is -0.121. The number of fused-ring (bicyclic) bond motifs is 2. The molecule has 4 nitrogen and oxygen atoms in total. The van der Waals surface area contributed by atoms with Gasteiger partial charge in [0, 0.05) is 12.2 Å². The number of Topliss-reactive ketones (excluding diaryl/α,β-unsaturated/α-hetero) is 1. The molecule has 2 bridgehead atoms. The maximum absolute atomic E-state index is 12.6. The van der Waals surface area contributed by atoms with Crippen molar-refractivity contribution < 1.29 is 9.59 Å². The second-order valence-electron chi connectivity index (χ2n) is 5.88. The molecule has 0 radical (unpaired) electrons.